The number of benzene rings is 1. The van der Waals surface area contributed by atoms with Gasteiger partial charge in [-0.3, -0.25) is 9.78 Å². The van der Waals surface area contributed by atoms with E-state index in [9.17, 15) is 9.90 Å². The van der Waals surface area contributed by atoms with Gasteiger partial charge in [0, 0.05) is 23.4 Å². The second-order valence-corrected chi connectivity index (χ2v) is 9.22. The fraction of sp³-hybridized carbons (Fsp3) is 0.360. The molecule has 1 saturated heterocycles. The maximum absolute atomic E-state index is 13.2. The lowest BCUT2D eigenvalue weighted by atomic mass is 9.80. The molecule has 4 atom stereocenters. The fourth-order valence-corrected chi connectivity index (χ4v) is 4.52. The number of nitrogen functional groups attached to an aromatic ring is 1. The van der Waals surface area contributed by atoms with Gasteiger partial charge in [0.25, 0.3) is 5.91 Å². The number of amides is 1. The Kier molecular flexibility index (Phi) is 5.76. The lowest BCUT2D eigenvalue weighted by Crippen LogP contribution is -2.60. The summed E-state index contributed by atoms with van der Waals surface area (Å²) in [7, 11) is 0. The van der Waals surface area contributed by atoms with Crippen LogP contribution in [-0.4, -0.2) is 43.7 Å². The van der Waals surface area contributed by atoms with E-state index < -0.39 is 23.7 Å². The molecule has 9 heteroatoms. The topological polar surface area (TPSA) is 149 Å². The van der Waals surface area contributed by atoms with Crippen molar-refractivity contribution in [2.24, 2.45) is 11.7 Å². The van der Waals surface area contributed by atoms with Crippen molar-refractivity contribution in [2.45, 2.75) is 50.0 Å². The summed E-state index contributed by atoms with van der Waals surface area (Å²) >= 11 is 0. The monoisotopic (exact) mass is 460 g/mol. The second-order valence-electron chi connectivity index (χ2n) is 9.22. The van der Waals surface area contributed by atoms with Crippen molar-refractivity contribution < 1.29 is 14.6 Å². The largest absolute Gasteiger partial charge is 0.386 e. The fourth-order valence-electron chi connectivity index (χ4n) is 4.52. The van der Waals surface area contributed by atoms with Gasteiger partial charge < -0.3 is 26.6 Å². The number of aromatic nitrogens is 3. The van der Waals surface area contributed by atoms with E-state index in [2.05, 4.69) is 20.3 Å². The number of carbonyl (C=O) groups excluding carboxylic acids is 1. The van der Waals surface area contributed by atoms with Crippen LogP contribution in [0.15, 0.2) is 55.0 Å². The Bertz CT molecular complexity index is 1200. The lowest BCUT2D eigenvalue weighted by Gasteiger charge is -2.45. The number of hydrogen-bond acceptors (Lipinski definition) is 8. The molecule has 2 aromatic heterocycles. The standard InChI is InChI=1S/C25H28N6O3/c1-25(33)20(26)11-19(34-22(25)15-7-8-15)16-9-10-28-12-18(16)31-24(32)21-23(27)29-13-17(30-21)14-5-3-2-4-6-14/h2-6,9-10,12-13,15,19-20,22,33H,7-8,11,26H2,1H3,(H2,27,29)(H,31,32)/t19-,20-,22-,25+/m1/s1. The molecule has 2 aliphatic rings. The van der Waals surface area contributed by atoms with Crippen LogP contribution < -0.4 is 16.8 Å². The molecule has 2 fully saturated rings. The third-order valence-corrected chi connectivity index (χ3v) is 6.69. The third-order valence-electron chi connectivity index (χ3n) is 6.69. The van der Waals surface area contributed by atoms with Crippen molar-refractivity contribution in [1.82, 2.24) is 15.0 Å². The van der Waals surface area contributed by atoms with Crippen LogP contribution in [0, 0.1) is 5.92 Å². The van der Waals surface area contributed by atoms with Gasteiger partial charge in [0.2, 0.25) is 0 Å². The Balaban J connectivity index is 1.41. The Morgan fingerprint density at radius 3 is 2.71 bits per heavy atom. The smallest absolute Gasteiger partial charge is 0.278 e. The maximum Gasteiger partial charge on any atom is 0.278 e. The van der Waals surface area contributed by atoms with E-state index in [1.807, 2.05) is 30.3 Å². The van der Waals surface area contributed by atoms with Crippen LogP contribution in [-0.2, 0) is 4.74 Å². The van der Waals surface area contributed by atoms with E-state index in [1.54, 1.807) is 25.4 Å². The molecule has 1 saturated carbocycles. The van der Waals surface area contributed by atoms with Gasteiger partial charge in [0.05, 0.1) is 36.0 Å². The van der Waals surface area contributed by atoms with Crippen LogP contribution >= 0.6 is 0 Å². The third kappa shape index (κ3) is 4.25. The number of pyridine rings is 1. The molecular weight excluding hydrogens is 432 g/mol. The average molecular weight is 461 g/mol. The van der Waals surface area contributed by atoms with Crippen LogP contribution in [0.1, 0.15) is 48.3 Å². The summed E-state index contributed by atoms with van der Waals surface area (Å²) in [6, 6.07) is 10.8. The molecule has 0 bridgehead atoms. The second kappa shape index (κ2) is 8.75. The number of nitrogens with zero attached hydrogens (tertiary/aromatic N) is 3. The molecule has 1 aliphatic carbocycles. The summed E-state index contributed by atoms with van der Waals surface area (Å²) in [6.07, 6.45) is 6.42. The van der Waals surface area contributed by atoms with Crippen molar-refractivity contribution in [2.75, 3.05) is 11.1 Å². The van der Waals surface area contributed by atoms with Crippen molar-refractivity contribution in [3.05, 3.63) is 66.2 Å². The molecule has 34 heavy (non-hydrogen) atoms. The molecule has 1 aromatic carbocycles. The average Bonchev–Trinajstić information content (AvgIpc) is 3.67. The number of rotatable bonds is 5. The number of carbonyl (C=O) groups is 1. The quantitative estimate of drug-likeness (QED) is 0.454. The summed E-state index contributed by atoms with van der Waals surface area (Å²) in [5.74, 6) is -0.175. The molecule has 176 valence electrons. The molecule has 0 unspecified atom stereocenters. The Morgan fingerprint density at radius 1 is 1.21 bits per heavy atom. The van der Waals surface area contributed by atoms with E-state index in [-0.39, 0.29) is 17.6 Å². The zero-order valence-corrected chi connectivity index (χ0v) is 18.9. The molecule has 3 aromatic rings. The van der Waals surface area contributed by atoms with Crippen molar-refractivity contribution in [1.29, 1.82) is 0 Å². The SMILES string of the molecule is C[C@]1(O)[C@H](N)C[C@H](c2ccncc2NC(=O)c2nc(-c3ccccc3)cnc2N)O[C@@H]1C1CC1. The van der Waals surface area contributed by atoms with Crippen molar-refractivity contribution in [3.63, 3.8) is 0 Å². The number of anilines is 2. The van der Waals surface area contributed by atoms with Gasteiger partial charge in [-0.15, -0.1) is 0 Å². The first-order valence-corrected chi connectivity index (χ1v) is 11.4. The molecule has 0 spiro atoms. The predicted octanol–water partition coefficient (Wildman–Crippen LogP) is 2.69. The molecule has 5 rings (SSSR count). The molecule has 0 radical (unpaired) electrons. The highest BCUT2D eigenvalue weighted by Crippen LogP contribution is 2.47. The van der Waals surface area contributed by atoms with Gasteiger partial charge in [-0.05, 0) is 38.2 Å². The van der Waals surface area contributed by atoms with Gasteiger partial charge in [-0.2, -0.15) is 0 Å². The van der Waals surface area contributed by atoms with Crippen molar-refractivity contribution >= 4 is 17.4 Å². The first kappa shape index (κ1) is 22.4. The van der Waals surface area contributed by atoms with E-state index in [0.29, 0.717) is 23.7 Å². The first-order valence-electron chi connectivity index (χ1n) is 11.4. The zero-order chi connectivity index (χ0) is 23.9. The van der Waals surface area contributed by atoms with Crippen LogP contribution in [0.3, 0.4) is 0 Å². The van der Waals surface area contributed by atoms with Gasteiger partial charge in [-0.1, -0.05) is 30.3 Å². The number of aliphatic hydroxyl groups is 1. The van der Waals surface area contributed by atoms with Crippen LogP contribution in [0.25, 0.3) is 11.3 Å². The Hall–Kier alpha value is -3.40. The molecule has 3 heterocycles. The summed E-state index contributed by atoms with van der Waals surface area (Å²) in [6.45, 7) is 1.74. The zero-order valence-electron chi connectivity index (χ0n) is 18.9. The van der Waals surface area contributed by atoms with Gasteiger partial charge in [0.1, 0.15) is 5.60 Å². The van der Waals surface area contributed by atoms with Crippen LogP contribution in [0.2, 0.25) is 0 Å². The number of nitrogens with one attached hydrogen (secondary N) is 1. The van der Waals surface area contributed by atoms with E-state index in [4.69, 9.17) is 16.2 Å². The molecule has 9 nitrogen and oxygen atoms in total. The van der Waals surface area contributed by atoms with E-state index >= 15 is 0 Å². The van der Waals surface area contributed by atoms with Gasteiger partial charge in [0.15, 0.2) is 11.5 Å². The summed E-state index contributed by atoms with van der Waals surface area (Å²) in [5, 5.41) is 13.8. The van der Waals surface area contributed by atoms with Crippen molar-refractivity contribution in [3.8, 4) is 11.3 Å². The summed E-state index contributed by atoms with van der Waals surface area (Å²) in [4.78, 5) is 26.0. The molecule has 1 aliphatic heterocycles. The lowest BCUT2D eigenvalue weighted by molar-refractivity contribution is -0.186. The van der Waals surface area contributed by atoms with E-state index in [0.717, 1.165) is 24.0 Å². The number of ether oxygens (including phenoxy) is 1. The predicted molar refractivity (Wildman–Crippen MR) is 128 cm³/mol. The minimum atomic E-state index is -1.10. The molecule has 1 amide bonds. The van der Waals surface area contributed by atoms with Crippen LogP contribution in [0.5, 0.6) is 0 Å². The maximum atomic E-state index is 13.2. The Morgan fingerprint density at radius 2 is 1.97 bits per heavy atom. The minimum Gasteiger partial charge on any atom is -0.386 e. The normalized spacial score (nSPS) is 26.7. The number of hydrogen-bond donors (Lipinski definition) is 4. The highest BCUT2D eigenvalue weighted by atomic mass is 16.5. The van der Waals surface area contributed by atoms with Crippen LogP contribution in [0.4, 0.5) is 11.5 Å². The Labute approximate surface area is 197 Å². The minimum absolute atomic E-state index is 0.0243. The molecular formula is C25H28N6O3. The summed E-state index contributed by atoms with van der Waals surface area (Å²) in [5.41, 5.74) is 13.9. The van der Waals surface area contributed by atoms with Gasteiger partial charge in [-0.25, -0.2) is 9.97 Å². The highest BCUT2D eigenvalue weighted by molar-refractivity contribution is 6.06. The highest BCUT2D eigenvalue weighted by Gasteiger charge is 2.52. The molecule has 6 N–H and O–H groups in total. The first-order chi connectivity index (χ1) is 16.3. The summed E-state index contributed by atoms with van der Waals surface area (Å²) < 4.78 is 6.35. The van der Waals surface area contributed by atoms with Gasteiger partial charge >= 0.3 is 0 Å². The number of nitrogens with two attached hydrogens (primary N) is 2. The van der Waals surface area contributed by atoms with E-state index in [1.165, 1.54) is 6.20 Å².